The topological polar surface area (TPSA) is 205 Å². The number of carbonyl (C=O) groups is 5. The molecule has 0 radical (unpaired) electrons. The van der Waals surface area contributed by atoms with Gasteiger partial charge >= 0.3 is 18.1 Å². The fraction of sp³-hybridized carbons (Fsp3) is 0.387. The number of hydrogen-bond donors (Lipinski definition) is 4. The van der Waals surface area contributed by atoms with Crippen molar-refractivity contribution in [2.45, 2.75) is 62.2 Å². The van der Waals surface area contributed by atoms with Crippen molar-refractivity contribution >= 4 is 69.3 Å². The van der Waals surface area contributed by atoms with Gasteiger partial charge in [0, 0.05) is 28.9 Å². The molecule has 4 heterocycles. The molecule has 1 aromatic carbocycles. The molecule has 0 unspecified atom stereocenters. The minimum Gasteiger partial charge on any atom is -0.477 e. The lowest BCUT2D eigenvalue weighted by molar-refractivity contribution is -0.192. The highest BCUT2D eigenvalue weighted by molar-refractivity contribution is 8.00. The number of amides is 3. The first-order valence-corrected chi connectivity index (χ1v) is 17.2. The molecule has 50 heavy (non-hydrogen) atoms. The number of alkyl halides is 3. The van der Waals surface area contributed by atoms with Crippen LogP contribution in [0.3, 0.4) is 0 Å². The SMILES string of the molecule is Nc1nc(C(=NOC2CCCC2)C(=O)N[C@@H]2C(=O)N3C(C(=O)O)=C(C=C4CCCN(c5ccccc5)C4=O)CS[C@H]23)cs1.O=C(O)C(F)(F)F. The predicted octanol–water partition coefficient (Wildman–Crippen LogP) is 3.51. The van der Waals surface area contributed by atoms with E-state index in [1.165, 1.54) is 16.7 Å². The number of nitrogens with two attached hydrogens (primary N) is 1. The lowest BCUT2D eigenvalue weighted by Crippen LogP contribution is -2.71. The number of benzene rings is 1. The Balaban J connectivity index is 0.000000630. The van der Waals surface area contributed by atoms with Crippen LogP contribution in [0, 0.1) is 0 Å². The van der Waals surface area contributed by atoms with Gasteiger partial charge in [0.2, 0.25) is 0 Å². The first-order valence-electron chi connectivity index (χ1n) is 15.3. The Morgan fingerprint density at radius 1 is 1.10 bits per heavy atom. The van der Waals surface area contributed by atoms with Crippen LogP contribution in [-0.4, -0.2) is 91.5 Å². The molecule has 5 N–H and O–H groups in total. The molecule has 6 rings (SSSR count). The number of anilines is 2. The number of nitrogens with zero attached hydrogens (tertiary/aromatic N) is 4. The Labute approximate surface area is 290 Å². The number of aliphatic carboxylic acids is 2. The summed E-state index contributed by atoms with van der Waals surface area (Å²) in [5.41, 5.74) is 7.40. The highest BCUT2D eigenvalue weighted by Gasteiger charge is 2.54. The van der Waals surface area contributed by atoms with Gasteiger partial charge in [-0.15, -0.1) is 23.1 Å². The molecule has 266 valence electrons. The van der Waals surface area contributed by atoms with E-state index in [0.29, 0.717) is 24.1 Å². The number of nitrogen functional groups attached to an aromatic ring is 1. The molecule has 1 saturated carbocycles. The van der Waals surface area contributed by atoms with Crippen LogP contribution in [0.4, 0.5) is 24.0 Å². The molecule has 19 heteroatoms. The van der Waals surface area contributed by atoms with E-state index in [2.05, 4.69) is 15.5 Å². The number of carbonyl (C=O) groups excluding carboxylic acids is 3. The number of carboxylic acid groups (broad SMARTS) is 2. The van der Waals surface area contributed by atoms with Gasteiger partial charge in [0.05, 0.1) is 0 Å². The lowest BCUT2D eigenvalue weighted by Gasteiger charge is -2.49. The van der Waals surface area contributed by atoms with Crippen molar-refractivity contribution in [3.8, 4) is 0 Å². The number of rotatable bonds is 8. The second-order valence-electron chi connectivity index (χ2n) is 11.4. The van der Waals surface area contributed by atoms with E-state index >= 15 is 0 Å². The summed E-state index contributed by atoms with van der Waals surface area (Å²) in [6.07, 6.45) is 1.39. The van der Waals surface area contributed by atoms with E-state index in [9.17, 15) is 37.5 Å². The summed E-state index contributed by atoms with van der Waals surface area (Å²) in [6.45, 7) is 0.568. The maximum absolute atomic E-state index is 13.3. The van der Waals surface area contributed by atoms with Crippen LogP contribution in [0.2, 0.25) is 0 Å². The van der Waals surface area contributed by atoms with Crippen LogP contribution >= 0.6 is 23.1 Å². The van der Waals surface area contributed by atoms with Crippen LogP contribution in [0.25, 0.3) is 0 Å². The van der Waals surface area contributed by atoms with E-state index in [1.54, 1.807) is 16.4 Å². The maximum atomic E-state index is 13.3. The van der Waals surface area contributed by atoms with Crippen molar-refractivity contribution in [3.63, 3.8) is 0 Å². The van der Waals surface area contributed by atoms with E-state index in [1.807, 2.05) is 30.3 Å². The summed E-state index contributed by atoms with van der Waals surface area (Å²) in [5, 5.41) is 25.3. The van der Waals surface area contributed by atoms with Gasteiger partial charge in [-0.2, -0.15) is 13.2 Å². The van der Waals surface area contributed by atoms with E-state index in [0.717, 1.165) is 49.1 Å². The molecule has 0 bridgehead atoms. The van der Waals surface area contributed by atoms with Crippen molar-refractivity contribution in [2.24, 2.45) is 5.16 Å². The zero-order valence-corrected chi connectivity index (χ0v) is 27.7. The third-order valence-electron chi connectivity index (χ3n) is 8.07. The third-order valence-corrected chi connectivity index (χ3v) is 10.0. The summed E-state index contributed by atoms with van der Waals surface area (Å²) in [5.74, 6) is -5.19. The van der Waals surface area contributed by atoms with Gasteiger partial charge < -0.3 is 31.0 Å². The smallest absolute Gasteiger partial charge is 0.477 e. The summed E-state index contributed by atoms with van der Waals surface area (Å²) in [7, 11) is 0. The number of oxime groups is 1. The number of piperidine rings is 1. The number of β-lactam (4-membered cyclic amide) rings is 1. The van der Waals surface area contributed by atoms with E-state index in [4.69, 9.17) is 20.5 Å². The Morgan fingerprint density at radius 3 is 2.38 bits per heavy atom. The first kappa shape index (κ1) is 36.4. The van der Waals surface area contributed by atoms with Crippen molar-refractivity contribution in [1.82, 2.24) is 15.2 Å². The molecule has 0 spiro atoms. The number of halogens is 3. The Hall–Kier alpha value is -4.91. The zero-order valence-electron chi connectivity index (χ0n) is 26.1. The second kappa shape index (κ2) is 15.3. The second-order valence-corrected chi connectivity index (χ2v) is 13.4. The number of para-hydroxylation sites is 1. The summed E-state index contributed by atoms with van der Waals surface area (Å²) in [4.78, 5) is 73.9. The lowest BCUT2D eigenvalue weighted by atomic mass is 9.97. The third kappa shape index (κ3) is 8.10. The standard InChI is InChI=1S/C29H30N6O6S2.C2HF3O2/c30-29-31-20(15-43-29)21(33-41-19-10-4-5-11-19)24(36)32-22-26(38)35-23(28(39)40)17(14-42-27(22)35)13-16-7-6-12-34(25(16)37)18-8-2-1-3-9-18;3-2(4,5)1(6)7/h1-3,8-9,13,15,19,22,27H,4-7,10-12,14H2,(H2,30,31)(H,32,36)(H,39,40);(H,6,7)/t22-,27-;/m1./s1. The van der Waals surface area contributed by atoms with Crippen molar-refractivity contribution in [1.29, 1.82) is 0 Å². The average Bonchev–Trinajstić information content (AvgIpc) is 3.76. The molecule has 3 fully saturated rings. The number of fused-ring (bicyclic) bond motifs is 1. The minimum absolute atomic E-state index is 0.0925. The van der Waals surface area contributed by atoms with Crippen LogP contribution < -0.4 is 16.0 Å². The number of allylic oxidation sites excluding steroid dienone is 1. The molecule has 1 aliphatic carbocycles. The largest absolute Gasteiger partial charge is 0.490 e. The number of hydrogen-bond acceptors (Lipinski definition) is 11. The van der Waals surface area contributed by atoms with Crippen LogP contribution in [0.15, 0.2) is 63.8 Å². The number of carboxylic acids is 2. The summed E-state index contributed by atoms with van der Waals surface area (Å²) in [6, 6.07) is 8.34. The number of thioether (sulfide) groups is 1. The number of aromatic nitrogens is 1. The highest BCUT2D eigenvalue weighted by atomic mass is 32.2. The van der Waals surface area contributed by atoms with Gasteiger partial charge in [0.15, 0.2) is 10.8 Å². The Bertz CT molecular complexity index is 1760. The molecular weight excluding hydrogens is 706 g/mol. The van der Waals surface area contributed by atoms with Crippen molar-refractivity contribution in [3.05, 3.63) is 64.3 Å². The fourth-order valence-corrected chi connectivity index (χ4v) is 7.55. The molecular formula is C31H31F3N6O8S2. The molecule has 4 aliphatic rings. The van der Waals surface area contributed by atoms with E-state index in [-0.39, 0.29) is 40.0 Å². The molecule has 14 nitrogen and oxygen atoms in total. The molecule has 3 aliphatic heterocycles. The average molecular weight is 737 g/mol. The predicted molar refractivity (Wildman–Crippen MR) is 176 cm³/mol. The van der Waals surface area contributed by atoms with Gasteiger partial charge in [-0.3, -0.25) is 19.3 Å². The number of nitrogens with one attached hydrogen (secondary N) is 1. The van der Waals surface area contributed by atoms with Crippen molar-refractivity contribution < 1.29 is 52.2 Å². The molecule has 3 amide bonds. The quantitative estimate of drug-likeness (QED) is 0.134. The van der Waals surface area contributed by atoms with Crippen LogP contribution in [-0.2, 0) is 28.8 Å². The molecule has 1 aromatic heterocycles. The minimum atomic E-state index is -5.08. The highest BCUT2D eigenvalue weighted by Crippen LogP contribution is 2.41. The fourth-order valence-electron chi connectivity index (χ4n) is 5.69. The van der Waals surface area contributed by atoms with Crippen LogP contribution in [0.1, 0.15) is 44.2 Å². The first-order chi connectivity index (χ1) is 23.8. The summed E-state index contributed by atoms with van der Waals surface area (Å²) >= 11 is 2.47. The van der Waals surface area contributed by atoms with Gasteiger partial charge in [-0.05, 0) is 62.3 Å². The van der Waals surface area contributed by atoms with Gasteiger partial charge in [-0.25, -0.2) is 14.6 Å². The van der Waals surface area contributed by atoms with Gasteiger partial charge in [0.25, 0.3) is 17.7 Å². The normalized spacial score (nSPS) is 22.1. The maximum Gasteiger partial charge on any atom is 0.490 e. The van der Waals surface area contributed by atoms with Crippen LogP contribution in [0.5, 0.6) is 0 Å². The zero-order chi connectivity index (χ0) is 36.2. The van der Waals surface area contributed by atoms with Crippen molar-refractivity contribution in [2.75, 3.05) is 22.9 Å². The van der Waals surface area contributed by atoms with E-state index < -0.39 is 41.3 Å². The Kier molecular flexibility index (Phi) is 11.1. The van der Waals surface area contributed by atoms with Gasteiger partial charge in [0.1, 0.15) is 28.9 Å². The summed E-state index contributed by atoms with van der Waals surface area (Å²) < 4.78 is 31.7. The number of thiazole rings is 1. The molecule has 2 atom stereocenters. The monoisotopic (exact) mass is 736 g/mol. The molecule has 2 aromatic rings. The molecule has 2 saturated heterocycles. The van der Waals surface area contributed by atoms with Gasteiger partial charge in [-0.1, -0.05) is 23.4 Å². The Morgan fingerprint density at radius 2 is 1.78 bits per heavy atom.